The number of fused-ring (bicyclic) bond motifs is 2. The number of carbonyl (C=O) groups is 4. The maximum atomic E-state index is 14.1. The number of guanidine groups is 1. The fraction of sp³-hybridized carbons (Fsp3) is 0.364. The van der Waals surface area contributed by atoms with Crippen LogP contribution < -0.4 is 27.8 Å². The van der Waals surface area contributed by atoms with E-state index < -0.39 is 36.0 Å². The highest BCUT2D eigenvalue weighted by molar-refractivity contribution is 5.95. The Morgan fingerprint density at radius 2 is 1.59 bits per heavy atom. The minimum atomic E-state index is -0.975. The van der Waals surface area contributed by atoms with Crippen molar-refractivity contribution in [3.63, 3.8) is 0 Å². The van der Waals surface area contributed by atoms with Crippen molar-refractivity contribution in [2.24, 2.45) is 22.2 Å². The molecule has 3 amide bonds. The van der Waals surface area contributed by atoms with Crippen molar-refractivity contribution >= 4 is 51.8 Å². The Bertz CT molecular complexity index is 1720. The van der Waals surface area contributed by atoms with Gasteiger partial charge in [-0.1, -0.05) is 36.4 Å². The van der Waals surface area contributed by atoms with Crippen molar-refractivity contribution in [3.05, 3.63) is 72.1 Å². The van der Waals surface area contributed by atoms with Gasteiger partial charge in [0.25, 0.3) is 0 Å². The summed E-state index contributed by atoms with van der Waals surface area (Å²) in [6.07, 6.45) is 6.72. The monoisotopic (exact) mass is 627 g/mol. The lowest BCUT2D eigenvalue weighted by molar-refractivity contribution is -0.141. The number of rotatable bonds is 14. The number of benzene rings is 2. The molecule has 2 aromatic carbocycles. The number of aldehydes is 1. The number of amides is 3. The molecule has 10 N–H and O–H groups in total. The molecule has 242 valence electrons. The van der Waals surface area contributed by atoms with E-state index in [1.807, 2.05) is 60.9 Å². The molecular formula is C33H41N9O4. The van der Waals surface area contributed by atoms with Gasteiger partial charge in [0.1, 0.15) is 18.4 Å². The van der Waals surface area contributed by atoms with Crippen LogP contribution in [0.25, 0.3) is 21.8 Å². The maximum Gasteiger partial charge on any atom is 0.246 e. The van der Waals surface area contributed by atoms with Crippen LogP contribution in [0.3, 0.4) is 0 Å². The number of nitrogens with one attached hydrogen (secondary N) is 4. The number of H-pyrrole nitrogens is 2. The third-order valence-corrected chi connectivity index (χ3v) is 8.46. The first-order valence-electron chi connectivity index (χ1n) is 15.5. The molecule has 13 nitrogen and oxygen atoms in total. The number of aromatic amines is 2. The van der Waals surface area contributed by atoms with Gasteiger partial charge < -0.3 is 47.5 Å². The highest BCUT2D eigenvalue weighted by Crippen LogP contribution is 2.24. The molecule has 13 heteroatoms. The first-order valence-corrected chi connectivity index (χ1v) is 15.5. The van der Waals surface area contributed by atoms with Gasteiger partial charge in [0.2, 0.25) is 17.7 Å². The Morgan fingerprint density at radius 1 is 0.957 bits per heavy atom. The molecule has 0 unspecified atom stereocenters. The fourth-order valence-corrected chi connectivity index (χ4v) is 6.10. The molecule has 1 saturated heterocycles. The quantitative estimate of drug-likeness (QED) is 0.0465. The van der Waals surface area contributed by atoms with E-state index in [1.54, 1.807) is 0 Å². The second-order valence-corrected chi connectivity index (χ2v) is 11.7. The predicted molar refractivity (Wildman–Crippen MR) is 177 cm³/mol. The van der Waals surface area contributed by atoms with Crippen LogP contribution in [0.1, 0.15) is 36.8 Å². The van der Waals surface area contributed by atoms with Crippen molar-refractivity contribution in [1.82, 2.24) is 25.5 Å². The normalized spacial score (nSPS) is 16.5. The average molecular weight is 628 g/mol. The van der Waals surface area contributed by atoms with Crippen LogP contribution >= 0.6 is 0 Å². The minimum absolute atomic E-state index is 0.0379. The van der Waals surface area contributed by atoms with Gasteiger partial charge in [-0.3, -0.25) is 19.4 Å². The fourth-order valence-electron chi connectivity index (χ4n) is 6.10. The molecule has 5 rings (SSSR count). The summed E-state index contributed by atoms with van der Waals surface area (Å²) in [6.45, 7) is 0.670. The molecule has 1 fully saturated rings. The van der Waals surface area contributed by atoms with Crippen LogP contribution in [0.15, 0.2) is 65.9 Å². The van der Waals surface area contributed by atoms with Crippen LogP contribution in [0.4, 0.5) is 0 Å². The molecule has 46 heavy (non-hydrogen) atoms. The topological polar surface area (TPSA) is 218 Å². The van der Waals surface area contributed by atoms with E-state index in [0.717, 1.165) is 39.2 Å². The number of hydrogen-bond acceptors (Lipinski definition) is 6. The van der Waals surface area contributed by atoms with E-state index in [1.165, 1.54) is 4.90 Å². The Balaban J connectivity index is 1.30. The molecule has 0 saturated carbocycles. The Morgan fingerprint density at radius 3 is 2.22 bits per heavy atom. The van der Waals surface area contributed by atoms with Crippen molar-refractivity contribution in [1.29, 1.82) is 0 Å². The summed E-state index contributed by atoms with van der Waals surface area (Å²) in [5.74, 6) is -1.31. The van der Waals surface area contributed by atoms with Crippen LogP contribution in [0.2, 0.25) is 0 Å². The largest absolute Gasteiger partial charge is 0.370 e. The molecule has 1 aliphatic rings. The molecule has 3 heterocycles. The second-order valence-electron chi connectivity index (χ2n) is 11.7. The van der Waals surface area contributed by atoms with Crippen molar-refractivity contribution in [3.8, 4) is 0 Å². The van der Waals surface area contributed by atoms with Crippen molar-refractivity contribution in [2.75, 3.05) is 13.1 Å². The number of likely N-dealkylation sites (tertiary alicyclic amines) is 1. The molecule has 0 radical (unpaired) electrons. The van der Waals surface area contributed by atoms with Crippen LogP contribution in [-0.4, -0.2) is 82.1 Å². The molecule has 1 aliphatic heterocycles. The summed E-state index contributed by atoms with van der Waals surface area (Å²) >= 11 is 0. The van der Waals surface area contributed by atoms with Gasteiger partial charge >= 0.3 is 0 Å². The summed E-state index contributed by atoms with van der Waals surface area (Å²) in [5, 5.41) is 7.61. The number of aliphatic imine (C=N–C) groups is 1. The number of carbonyl (C=O) groups excluding carboxylic acids is 4. The van der Waals surface area contributed by atoms with E-state index in [-0.39, 0.29) is 18.3 Å². The Hall–Kier alpha value is -5.17. The highest BCUT2D eigenvalue weighted by atomic mass is 16.2. The summed E-state index contributed by atoms with van der Waals surface area (Å²) < 4.78 is 0. The number of nitrogens with zero attached hydrogens (tertiary/aromatic N) is 2. The van der Waals surface area contributed by atoms with Crippen molar-refractivity contribution < 1.29 is 19.2 Å². The summed E-state index contributed by atoms with van der Waals surface area (Å²) in [5.41, 5.74) is 20.5. The summed E-state index contributed by atoms with van der Waals surface area (Å²) in [7, 11) is 0. The third kappa shape index (κ3) is 7.54. The lowest BCUT2D eigenvalue weighted by atomic mass is 10.0. The first kappa shape index (κ1) is 32.2. The highest BCUT2D eigenvalue weighted by Gasteiger charge is 2.39. The van der Waals surface area contributed by atoms with Crippen LogP contribution in [0, 0.1) is 0 Å². The first-order chi connectivity index (χ1) is 22.2. The lowest BCUT2D eigenvalue weighted by Gasteiger charge is -2.30. The van der Waals surface area contributed by atoms with Gasteiger partial charge in [-0.15, -0.1) is 0 Å². The maximum absolute atomic E-state index is 14.1. The lowest BCUT2D eigenvalue weighted by Crippen LogP contribution is -2.57. The Labute approximate surface area is 266 Å². The van der Waals surface area contributed by atoms with Crippen LogP contribution in [0.5, 0.6) is 0 Å². The molecule has 0 aliphatic carbocycles. The SMILES string of the molecule is NC(N)=NCCC[C@H](N)C(=O)N[C@@H](Cc1c[nH]c2ccccc12)C(=O)N1CCC[C@H]1C(=O)N[C@H](C=O)Cc1c[nH]c2ccccc12. The molecule has 4 aromatic rings. The number of nitrogens with two attached hydrogens (primary N) is 3. The zero-order chi connectivity index (χ0) is 32.6. The standard InChI is InChI=1S/C33H41N9O4/c34-25(9-5-13-37-33(35)36)30(44)41-28(16-21-18-39-27-11-4-2-8-24(21)27)32(46)42-14-6-12-29(42)31(45)40-22(19-43)15-20-17-38-26-10-3-1-7-23(20)26/h1-4,7-8,10-11,17-19,22,25,28-29,38-39H,5-6,9,12-16,34H2,(H,40,45)(H,41,44)(H4,35,36,37)/t22-,25-,28-,29-/m0/s1. The zero-order valence-corrected chi connectivity index (χ0v) is 25.6. The zero-order valence-electron chi connectivity index (χ0n) is 25.6. The van der Waals surface area contributed by atoms with E-state index in [9.17, 15) is 19.2 Å². The molecule has 0 spiro atoms. The molecule has 0 bridgehead atoms. The molecular weight excluding hydrogens is 586 g/mol. The van der Waals surface area contributed by atoms with Gasteiger partial charge in [-0.05, 0) is 48.9 Å². The van der Waals surface area contributed by atoms with Crippen molar-refractivity contribution in [2.45, 2.75) is 62.7 Å². The minimum Gasteiger partial charge on any atom is -0.370 e. The van der Waals surface area contributed by atoms with Crippen LogP contribution in [-0.2, 0) is 32.0 Å². The van der Waals surface area contributed by atoms with E-state index in [4.69, 9.17) is 17.2 Å². The summed E-state index contributed by atoms with van der Waals surface area (Å²) in [6, 6.07) is 12.0. The number of aromatic nitrogens is 2. The predicted octanol–water partition coefficient (Wildman–Crippen LogP) is 0.975. The van der Waals surface area contributed by atoms with Gasteiger partial charge in [0.05, 0.1) is 12.1 Å². The summed E-state index contributed by atoms with van der Waals surface area (Å²) in [4.78, 5) is 64.8. The van der Waals surface area contributed by atoms with E-state index >= 15 is 0 Å². The third-order valence-electron chi connectivity index (χ3n) is 8.46. The van der Waals surface area contributed by atoms with Gasteiger partial charge in [-0.2, -0.15) is 0 Å². The number of hydrogen-bond donors (Lipinski definition) is 7. The van der Waals surface area contributed by atoms with Gasteiger partial charge in [-0.25, -0.2) is 0 Å². The second kappa shape index (κ2) is 14.7. The van der Waals surface area contributed by atoms with E-state index in [2.05, 4.69) is 25.6 Å². The number of para-hydroxylation sites is 2. The smallest absolute Gasteiger partial charge is 0.246 e. The molecule has 4 atom stereocenters. The average Bonchev–Trinajstić information content (AvgIpc) is 3.81. The molecule has 2 aromatic heterocycles. The van der Waals surface area contributed by atoms with Gasteiger partial charge in [0, 0.05) is 60.1 Å². The van der Waals surface area contributed by atoms with Gasteiger partial charge in [0.15, 0.2) is 5.96 Å². The Kier molecular flexibility index (Phi) is 10.3. The van der Waals surface area contributed by atoms with E-state index in [0.29, 0.717) is 45.2 Å².